The topological polar surface area (TPSA) is 61.8 Å². The molecule has 64 heavy (non-hydrogen) atoms. The lowest BCUT2D eigenvalue weighted by Crippen LogP contribution is -2.30. The van der Waals surface area contributed by atoms with Gasteiger partial charge in [0.2, 0.25) is 0 Å². The van der Waals surface area contributed by atoms with Crippen LogP contribution in [0.3, 0.4) is 0 Å². The lowest BCUT2D eigenvalue weighted by Gasteiger charge is -2.18. The molecule has 0 aromatic heterocycles. The number of unbranched alkanes of at least 4 members (excludes halogenated alkanes) is 42. The minimum absolute atomic E-state index is 0.0920. The number of hydrogen-bond donors (Lipinski definition) is 0. The molecular weight excluding hydrogens is 789 g/mol. The van der Waals surface area contributed by atoms with Crippen molar-refractivity contribution < 1.29 is 23.8 Å². The van der Waals surface area contributed by atoms with E-state index in [1.165, 1.54) is 250 Å². The third kappa shape index (κ3) is 53.3. The van der Waals surface area contributed by atoms with Crippen LogP contribution in [0.1, 0.15) is 329 Å². The third-order valence-electron chi connectivity index (χ3n) is 13.3. The van der Waals surface area contributed by atoms with Gasteiger partial charge in [-0.3, -0.25) is 9.59 Å². The molecule has 1 atom stereocenters. The van der Waals surface area contributed by atoms with Crippen LogP contribution in [0.5, 0.6) is 0 Å². The summed E-state index contributed by atoms with van der Waals surface area (Å²) in [6, 6.07) is 0. The van der Waals surface area contributed by atoms with Crippen molar-refractivity contribution in [1.29, 1.82) is 0 Å². The molecule has 5 nitrogen and oxygen atoms in total. The fraction of sp³-hybridized carbons (Fsp3) is 0.932. The highest BCUT2D eigenvalue weighted by atomic mass is 16.6. The number of esters is 2. The molecule has 0 saturated carbocycles. The summed E-state index contributed by atoms with van der Waals surface area (Å²) < 4.78 is 17.5. The lowest BCUT2D eigenvalue weighted by molar-refractivity contribution is -0.163. The van der Waals surface area contributed by atoms with Crippen LogP contribution in [-0.4, -0.2) is 37.9 Å². The largest absolute Gasteiger partial charge is 0.462 e. The monoisotopic (exact) mass is 903 g/mol. The Kier molecular flexibility index (Phi) is 54.8. The van der Waals surface area contributed by atoms with E-state index in [4.69, 9.17) is 14.2 Å². The van der Waals surface area contributed by atoms with Crippen LogP contribution in [0.2, 0.25) is 0 Å². The van der Waals surface area contributed by atoms with Crippen molar-refractivity contribution in [3.8, 4) is 0 Å². The van der Waals surface area contributed by atoms with Gasteiger partial charge in [-0.25, -0.2) is 0 Å². The average molecular weight is 904 g/mol. The van der Waals surface area contributed by atoms with Crippen LogP contribution in [0.4, 0.5) is 0 Å². The summed E-state index contributed by atoms with van der Waals surface area (Å²) in [6.45, 7) is 7.89. The maximum Gasteiger partial charge on any atom is 0.306 e. The van der Waals surface area contributed by atoms with Crippen LogP contribution in [0.25, 0.3) is 0 Å². The average Bonchev–Trinajstić information content (AvgIpc) is 3.30. The molecule has 0 heterocycles. The molecule has 0 N–H and O–H groups in total. The second kappa shape index (κ2) is 56.0. The van der Waals surface area contributed by atoms with Crippen molar-refractivity contribution >= 4 is 11.9 Å². The highest BCUT2D eigenvalue weighted by Crippen LogP contribution is 2.17. The van der Waals surface area contributed by atoms with Crippen LogP contribution < -0.4 is 0 Å². The Labute approximate surface area is 401 Å². The lowest BCUT2D eigenvalue weighted by atomic mass is 10.0. The van der Waals surface area contributed by atoms with Crippen LogP contribution in [0.15, 0.2) is 12.2 Å². The molecular formula is C59H114O5. The predicted octanol–water partition coefficient (Wildman–Crippen LogP) is 19.8. The fourth-order valence-corrected chi connectivity index (χ4v) is 8.92. The first kappa shape index (κ1) is 62.6. The SMILES string of the molecule is CCCCCC/C=C\CCCCCCCC(=O)O[C@H](COCCCCCCCCCCCCCCCCCC)COC(=O)CCCCCCCCCCCCCCCCCCCCC. The molecule has 0 saturated heterocycles. The van der Waals surface area contributed by atoms with E-state index in [9.17, 15) is 9.59 Å². The maximum atomic E-state index is 12.8. The zero-order valence-electron chi connectivity index (χ0n) is 43.8. The number of carbonyl (C=O) groups excluding carboxylic acids is 2. The normalized spacial score (nSPS) is 12.1. The summed E-state index contributed by atoms with van der Waals surface area (Å²) in [7, 11) is 0. The Balaban J connectivity index is 4.17. The summed E-state index contributed by atoms with van der Waals surface area (Å²) in [4.78, 5) is 25.5. The van der Waals surface area contributed by atoms with Crippen LogP contribution in [-0.2, 0) is 23.8 Å². The first-order valence-corrected chi connectivity index (χ1v) is 29.2. The van der Waals surface area contributed by atoms with E-state index < -0.39 is 6.10 Å². The van der Waals surface area contributed by atoms with Crippen molar-refractivity contribution in [3.63, 3.8) is 0 Å². The minimum Gasteiger partial charge on any atom is -0.462 e. The third-order valence-corrected chi connectivity index (χ3v) is 13.3. The molecule has 0 aliphatic carbocycles. The highest BCUT2D eigenvalue weighted by Gasteiger charge is 2.17. The van der Waals surface area contributed by atoms with Crippen molar-refractivity contribution in [3.05, 3.63) is 12.2 Å². The zero-order chi connectivity index (χ0) is 46.3. The summed E-state index contributed by atoms with van der Waals surface area (Å²) in [5, 5.41) is 0. The Morgan fingerprint density at radius 1 is 0.328 bits per heavy atom. The van der Waals surface area contributed by atoms with Crippen molar-refractivity contribution in [1.82, 2.24) is 0 Å². The Bertz CT molecular complexity index is 932. The fourth-order valence-electron chi connectivity index (χ4n) is 8.92. The molecule has 0 bridgehead atoms. The minimum atomic E-state index is -0.531. The molecule has 380 valence electrons. The number of rotatable bonds is 55. The first-order chi connectivity index (χ1) is 31.6. The predicted molar refractivity (Wildman–Crippen MR) is 279 cm³/mol. The zero-order valence-corrected chi connectivity index (χ0v) is 43.8. The standard InChI is InChI=1S/C59H114O5/c1-4-7-10-13-16-19-22-25-27-29-30-31-32-35-37-40-43-46-49-52-58(60)63-56-57(64-59(61)53-50-47-44-41-38-34-24-21-18-15-12-9-6-3)55-62-54-51-48-45-42-39-36-33-28-26-23-20-17-14-11-8-5-2/h21,24,57H,4-20,22-23,25-56H2,1-3H3/b24-21-/t57-/m1/s1. The molecule has 0 radical (unpaired) electrons. The molecule has 0 aromatic rings. The van der Waals surface area contributed by atoms with Crippen LogP contribution >= 0.6 is 0 Å². The maximum absolute atomic E-state index is 12.8. The quantitative estimate of drug-likeness (QED) is 0.0346. The number of carbonyl (C=O) groups is 2. The molecule has 0 fully saturated rings. The molecule has 0 rings (SSSR count). The molecule has 0 unspecified atom stereocenters. The number of hydrogen-bond acceptors (Lipinski definition) is 5. The first-order valence-electron chi connectivity index (χ1n) is 29.2. The van der Waals surface area contributed by atoms with Gasteiger partial charge in [-0.05, 0) is 44.9 Å². The van der Waals surface area contributed by atoms with Gasteiger partial charge in [0.25, 0.3) is 0 Å². The van der Waals surface area contributed by atoms with Crippen LogP contribution in [0, 0.1) is 0 Å². The van der Waals surface area contributed by atoms with Gasteiger partial charge in [-0.2, -0.15) is 0 Å². The molecule has 0 aliphatic heterocycles. The molecule has 0 spiro atoms. The van der Waals surface area contributed by atoms with Gasteiger partial charge < -0.3 is 14.2 Å². The second-order valence-corrected chi connectivity index (χ2v) is 19.9. The molecule has 0 amide bonds. The number of ether oxygens (including phenoxy) is 3. The van der Waals surface area contributed by atoms with Gasteiger partial charge in [0.15, 0.2) is 6.10 Å². The van der Waals surface area contributed by atoms with E-state index in [0.717, 1.165) is 44.9 Å². The van der Waals surface area contributed by atoms with Gasteiger partial charge >= 0.3 is 11.9 Å². The van der Waals surface area contributed by atoms with Crippen molar-refractivity contribution in [2.75, 3.05) is 19.8 Å². The van der Waals surface area contributed by atoms with E-state index in [0.29, 0.717) is 26.1 Å². The van der Waals surface area contributed by atoms with Crippen molar-refractivity contribution in [2.45, 2.75) is 335 Å². The number of allylic oxidation sites excluding steroid dienone is 2. The molecule has 5 heteroatoms. The molecule has 0 aromatic carbocycles. The van der Waals surface area contributed by atoms with Gasteiger partial charge in [0.05, 0.1) is 6.61 Å². The van der Waals surface area contributed by atoms with Gasteiger partial charge in [0.1, 0.15) is 6.61 Å². The summed E-state index contributed by atoms with van der Waals surface area (Å²) in [5.74, 6) is -0.381. The van der Waals surface area contributed by atoms with Crippen molar-refractivity contribution in [2.24, 2.45) is 0 Å². The Morgan fingerprint density at radius 2 is 0.609 bits per heavy atom. The summed E-state index contributed by atoms with van der Waals surface area (Å²) >= 11 is 0. The van der Waals surface area contributed by atoms with E-state index in [1.807, 2.05) is 0 Å². The van der Waals surface area contributed by atoms with E-state index in [1.54, 1.807) is 0 Å². The van der Waals surface area contributed by atoms with E-state index >= 15 is 0 Å². The smallest absolute Gasteiger partial charge is 0.306 e. The van der Waals surface area contributed by atoms with Gasteiger partial charge in [-0.1, -0.05) is 283 Å². The molecule has 0 aliphatic rings. The Morgan fingerprint density at radius 3 is 0.969 bits per heavy atom. The van der Waals surface area contributed by atoms with E-state index in [-0.39, 0.29) is 18.5 Å². The summed E-state index contributed by atoms with van der Waals surface area (Å²) in [5.41, 5.74) is 0. The summed E-state index contributed by atoms with van der Waals surface area (Å²) in [6.07, 6.45) is 65.2. The Hall–Kier alpha value is -1.36. The van der Waals surface area contributed by atoms with E-state index in [2.05, 4.69) is 32.9 Å². The van der Waals surface area contributed by atoms with Gasteiger partial charge in [-0.15, -0.1) is 0 Å². The second-order valence-electron chi connectivity index (χ2n) is 19.9. The highest BCUT2D eigenvalue weighted by molar-refractivity contribution is 5.70. The van der Waals surface area contributed by atoms with Gasteiger partial charge in [0, 0.05) is 19.4 Å².